The zero-order valence-electron chi connectivity index (χ0n) is 13.0. The van der Waals surface area contributed by atoms with Crippen molar-refractivity contribution in [2.24, 2.45) is 0 Å². The van der Waals surface area contributed by atoms with Crippen LogP contribution in [0.3, 0.4) is 0 Å². The molecular formula is C20H20FN. The number of benzene rings is 2. The summed E-state index contributed by atoms with van der Waals surface area (Å²) in [6, 6.07) is 10.3. The summed E-state index contributed by atoms with van der Waals surface area (Å²) in [6.07, 6.45) is 6.28. The van der Waals surface area contributed by atoms with E-state index in [4.69, 9.17) is 5.41 Å². The lowest BCUT2D eigenvalue weighted by Crippen LogP contribution is -2.05. The zero-order chi connectivity index (χ0) is 16.1. The number of allylic oxidation sites excluding steroid dienone is 1. The van der Waals surface area contributed by atoms with Crippen LogP contribution in [-0.2, 0) is 6.42 Å². The number of aryl methyl sites for hydroxylation is 1. The first kappa shape index (κ1) is 15.9. The van der Waals surface area contributed by atoms with Crippen molar-refractivity contribution in [2.75, 3.05) is 0 Å². The van der Waals surface area contributed by atoms with Crippen molar-refractivity contribution >= 4 is 17.9 Å². The molecule has 0 bridgehead atoms. The number of halogens is 1. The van der Waals surface area contributed by atoms with Crippen LogP contribution < -0.4 is 0 Å². The topological polar surface area (TPSA) is 23.9 Å². The molecule has 0 spiro atoms. The van der Waals surface area contributed by atoms with Gasteiger partial charge in [0.2, 0.25) is 0 Å². The first-order chi connectivity index (χ1) is 10.6. The van der Waals surface area contributed by atoms with Crippen molar-refractivity contribution in [3.8, 4) is 0 Å². The summed E-state index contributed by atoms with van der Waals surface area (Å²) in [6.45, 7) is 7.95. The molecule has 2 heteroatoms. The van der Waals surface area contributed by atoms with E-state index >= 15 is 0 Å². The Balaban J connectivity index is 2.37. The van der Waals surface area contributed by atoms with Crippen LogP contribution in [0.25, 0.3) is 12.2 Å². The molecule has 0 radical (unpaired) electrons. The van der Waals surface area contributed by atoms with E-state index in [1.807, 2.05) is 31.2 Å². The Morgan fingerprint density at radius 3 is 2.45 bits per heavy atom. The van der Waals surface area contributed by atoms with E-state index in [0.29, 0.717) is 5.71 Å². The van der Waals surface area contributed by atoms with Crippen molar-refractivity contribution in [2.45, 2.75) is 20.3 Å². The van der Waals surface area contributed by atoms with Crippen LogP contribution in [0, 0.1) is 18.2 Å². The third-order valence-corrected chi connectivity index (χ3v) is 3.71. The van der Waals surface area contributed by atoms with Crippen LogP contribution in [-0.4, -0.2) is 5.71 Å². The molecule has 1 N–H and O–H groups in total. The molecule has 0 saturated carbocycles. The van der Waals surface area contributed by atoms with E-state index in [1.165, 1.54) is 12.1 Å². The van der Waals surface area contributed by atoms with Gasteiger partial charge in [-0.1, -0.05) is 49.9 Å². The lowest BCUT2D eigenvalue weighted by atomic mass is 9.91. The third-order valence-electron chi connectivity index (χ3n) is 3.71. The molecule has 2 aromatic carbocycles. The van der Waals surface area contributed by atoms with Gasteiger partial charge in [-0.3, -0.25) is 0 Å². The second kappa shape index (κ2) is 6.99. The summed E-state index contributed by atoms with van der Waals surface area (Å²) in [5.41, 5.74) is 5.59. The lowest BCUT2D eigenvalue weighted by Gasteiger charge is -2.13. The van der Waals surface area contributed by atoms with E-state index in [1.54, 1.807) is 18.2 Å². The first-order valence-corrected chi connectivity index (χ1v) is 7.34. The van der Waals surface area contributed by atoms with Gasteiger partial charge in [0.05, 0.1) is 5.71 Å². The summed E-state index contributed by atoms with van der Waals surface area (Å²) in [4.78, 5) is 0. The van der Waals surface area contributed by atoms with E-state index < -0.39 is 0 Å². The predicted molar refractivity (Wildman–Crippen MR) is 92.9 cm³/mol. The van der Waals surface area contributed by atoms with Crippen LogP contribution in [0.4, 0.5) is 4.39 Å². The molecule has 0 saturated heterocycles. The second-order valence-electron chi connectivity index (χ2n) is 5.18. The number of hydrogen-bond donors (Lipinski definition) is 1. The molecule has 0 aliphatic carbocycles. The molecule has 1 nitrogen and oxygen atoms in total. The average molecular weight is 293 g/mol. The Labute approximate surface area is 131 Å². The van der Waals surface area contributed by atoms with Gasteiger partial charge in [-0.25, -0.2) is 4.39 Å². The monoisotopic (exact) mass is 293 g/mol. The summed E-state index contributed by atoms with van der Waals surface area (Å²) in [5.74, 6) is -0.255. The largest absolute Gasteiger partial charge is 0.300 e. The Kier molecular flexibility index (Phi) is 5.05. The third kappa shape index (κ3) is 3.40. The molecule has 2 aromatic rings. The number of rotatable bonds is 5. The van der Waals surface area contributed by atoms with E-state index in [9.17, 15) is 4.39 Å². The van der Waals surface area contributed by atoms with Gasteiger partial charge in [0.15, 0.2) is 0 Å². The maximum absolute atomic E-state index is 12.9. The highest BCUT2D eigenvalue weighted by Gasteiger charge is 2.11. The van der Waals surface area contributed by atoms with E-state index in [-0.39, 0.29) is 5.82 Å². The Morgan fingerprint density at radius 2 is 1.86 bits per heavy atom. The van der Waals surface area contributed by atoms with Crippen LogP contribution in [0.1, 0.15) is 34.7 Å². The molecule has 0 aliphatic heterocycles. The SMILES string of the molecule is C=Cc1ccc(C)c(C(=N)/C=C/c2ccc(F)cc2)c1CC. The molecule has 2 rings (SSSR count). The van der Waals surface area contributed by atoms with Gasteiger partial charge in [-0.05, 0) is 53.8 Å². The molecule has 0 atom stereocenters. The highest BCUT2D eigenvalue weighted by atomic mass is 19.1. The Hall–Kier alpha value is -2.48. The van der Waals surface area contributed by atoms with Crippen molar-refractivity contribution in [1.29, 1.82) is 5.41 Å². The molecule has 0 amide bonds. The fourth-order valence-electron chi connectivity index (χ4n) is 2.56. The summed E-state index contributed by atoms with van der Waals surface area (Å²) in [7, 11) is 0. The van der Waals surface area contributed by atoms with Crippen LogP contribution in [0.5, 0.6) is 0 Å². The minimum absolute atomic E-state index is 0.255. The Bertz CT molecular complexity index is 724. The maximum atomic E-state index is 12.9. The molecule has 0 fully saturated rings. The van der Waals surface area contributed by atoms with E-state index in [2.05, 4.69) is 13.5 Å². The zero-order valence-corrected chi connectivity index (χ0v) is 13.0. The van der Waals surface area contributed by atoms with Gasteiger partial charge in [-0.2, -0.15) is 0 Å². The van der Waals surface area contributed by atoms with Crippen molar-refractivity contribution in [1.82, 2.24) is 0 Å². The minimum atomic E-state index is -0.255. The van der Waals surface area contributed by atoms with Crippen molar-refractivity contribution in [3.63, 3.8) is 0 Å². The van der Waals surface area contributed by atoms with Crippen molar-refractivity contribution < 1.29 is 4.39 Å². The molecule has 0 unspecified atom stereocenters. The fraction of sp³-hybridized carbons (Fsp3) is 0.150. The number of hydrogen-bond acceptors (Lipinski definition) is 1. The Morgan fingerprint density at radius 1 is 1.18 bits per heavy atom. The summed E-state index contributed by atoms with van der Waals surface area (Å²) < 4.78 is 12.9. The van der Waals surface area contributed by atoms with Crippen molar-refractivity contribution in [3.05, 3.63) is 82.7 Å². The highest BCUT2D eigenvalue weighted by Crippen LogP contribution is 2.22. The quantitative estimate of drug-likeness (QED) is 0.712. The molecule has 0 aromatic heterocycles. The molecular weight excluding hydrogens is 273 g/mol. The smallest absolute Gasteiger partial charge is 0.123 e. The molecule has 112 valence electrons. The molecule has 0 heterocycles. The van der Waals surface area contributed by atoms with Gasteiger partial charge < -0.3 is 5.41 Å². The second-order valence-corrected chi connectivity index (χ2v) is 5.18. The van der Waals surface area contributed by atoms with E-state index in [0.717, 1.165) is 34.2 Å². The van der Waals surface area contributed by atoms with Crippen LogP contribution >= 0.6 is 0 Å². The van der Waals surface area contributed by atoms with Gasteiger partial charge in [-0.15, -0.1) is 0 Å². The normalized spacial score (nSPS) is 10.9. The van der Waals surface area contributed by atoms with Crippen LogP contribution in [0.15, 0.2) is 49.1 Å². The fourth-order valence-corrected chi connectivity index (χ4v) is 2.56. The first-order valence-electron chi connectivity index (χ1n) is 7.34. The average Bonchev–Trinajstić information content (AvgIpc) is 2.53. The lowest BCUT2D eigenvalue weighted by molar-refractivity contribution is 0.628. The van der Waals surface area contributed by atoms with Crippen LogP contribution in [0.2, 0.25) is 0 Å². The van der Waals surface area contributed by atoms with Gasteiger partial charge in [0.1, 0.15) is 5.82 Å². The van der Waals surface area contributed by atoms with Gasteiger partial charge >= 0.3 is 0 Å². The predicted octanol–water partition coefficient (Wildman–Crippen LogP) is 5.42. The number of nitrogens with one attached hydrogen (secondary N) is 1. The highest BCUT2D eigenvalue weighted by molar-refractivity contribution is 6.11. The van der Waals surface area contributed by atoms with Gasteiger partial charge in [0.25, 0.3) is 0 Å². The summed E-state index contributed by atoms with van der Waals surface area (Å²) >= 11 is 0. The summed E-state index contributed by atoms with van der Waals surface area (Å²) in [5, 5.41) is 8.38. The van der Waals surface area contributed by atoms with Gasteiger partial charge in [0, 0.05) is 5.56 Å². The molecule has 0 aliphatic rings. The molecule has 22 heavy (non-hydrogen) atoms. The minimum Gasteiger partial charge on any atom is -0.300 e. The maximum Gasteiger partial charge on any atom is 0.123 e. The standard InChI is InChI=1S/C20H20FN/c1-4-16-10-6-14(3)20(18(16)5-2)19(22)13-9-15-7-11-17(21)12-8-15/h4,6-13,22H,1,5H2,2-3H3/b13-9+,22-19?.